The van der Waals surface area contributed by atoms with Crippen LogP contribution in [-0.4, -0.2) is 24.6 Å². The standard InChI is InChI=1S/C16H23NO4/c1-12(18)21-14(16(2,3)15(17)19)9-10-20-11-13-7-5-4-6-8-13/h4-8,14H,9-11H2,1-3H3,(H2,17,19). The molecule has 2 N–H and O–H groups in total. The second-order valence-electron chi connectivity index (χ2n) is 5.51. The molecule has 0 aliphatic carbocycles. The number of hydrogen-bond acceptors (Lipinski definition) is 4. The van der Waals surface area contributed by atoms with E-state index in [4.69, 9.17) is 15.2 Å². The number of benzene rings is 1. The third kappa shape index (κ3) is 5.55. The van der Waals surface area contributed by atoms with E-state index < -0.39 is 23.4 Å². The highest BCUT2D eigenvalue weighted by atomic mass is 16.5. The Labute approximate surface area is 125 Å². The van der Waals surface area contributed by atoms with E-state index in [1.54, 1.807) is 13.8 Å². The second kappa shape index (κ2) is 7.78. The van der Waals surface area contributed by atoms with Gasteiger partial charge in [0.15, 0.2) is 0 Å². The number of amides is 1. The summed E-state index contributed by atoms with van der Waals surface area (Å²) >= 11 is 0. The zero-order valence-corrected chi connectivity index (χ0v) is 12.8. The van der Waals surface area contributed by atoms with Gasteiger partial charge in [-0.3, -0.25) is 9.59 Å². The van der Waals surface area contributed by atoms with E-state index >= 15 is 0 Å². The molecule has 1 aromatic carbocycles. The summed E-state index contributed by atoms with van der Waals surface area (Å²) in [7, 11) is 0. The van der Waals surface area contributed by atoms with Gasteiger partial charge in [-0.25, -0.2) is 0 Å². The van der Waals surface area contributed by atoms with Gasteiger partial charge in [-0.2, -0.15) is 0 Å². The Kier molecular flexibility index (Phi) is 6.37. The van der Waals surface area contributed by atoms with Gasteiger partial charge < -0.3 is 15.2 Å². The van der Waals surface area contributed by atoms with Gasteiger partial charge in [0.05, 0.1) is 18.6 Å². The van der Waals surface area contributed by atoms with Crippen LogP contribution in [0, 0.1) is 5.41 Å². The predicted molar refractivity (Wildman–Crippen MR) is 79.2 cm³/mol. The maximum atomic E-state index is 11.5. The molecule has 0 radical (unpaired) electrons. The highest BCUT2D eigenvalue weighted by molar-refractivity contribution is 5.81. The molecule has 5 heteroatoms. The zero-order chi connectivity index (χ0) is 15.9. The summed E-state index contributed by atoms with van der Waals surface area (Å²) in [6, 6.07) is 9.76. The summed E-state index contributed by atoms with van der Waals surface area (Å²) in [5.41, 5.74) is 5.51. The molecule has 1 aromatic rings. The molecule has 0 aromatic heterocycles. The first-order valence-corrected chi connectivity index (χ1v) is 6.93. The predicted octanol–water partition coefficient (Wildman–Crippen LogP) is 2.04. The van der Waals surface area contributed by atoms with Crippen molar-refractivity contribution in [2.75, 3.05) is 6.61 Å². The average molecular weight is 293 g/mol. The Balaban J connectivity index is 2.50. The van der Waals surface area contributed by atoms with Crippen LogP contribution in [-0.2, 0) is 25.7 Å². The van der Waals surface area contributed by atoms with Crippen molar-refractivity contribution in [2.45, 2.75) is 39.9 Å². The van der Waals surface area contributed by atoms with E-state index in [1.807, 2.05) is 30.3 Å². The minimum absolute atomic E-state index is 0.379. The summed E-state index contributed by atoms with van der Waals surface area (Å²) in [5.74, 6) is -0.936. The van der Waals surface area contributed by atoms with Crippen LogP contribution in [0.1, 0.15) is 32.8 Å². The molecule has 1 amide bonds. The summed E-state index contributed by atoms with van der Waals surface area (Å²) in [6.45, 7) is 5.50. The molecule has 0 bridgehead atoms. The van der Waals surface area contributed by atoms with Gasteiger partial charge in [-0.05, 0) is 19.4 Å². The van der Waals surface area contributed by atoms with Crippen LogP contribution in [0.4, 0.5) is 0 Å². The fraction of sp³-hybridized carbons (Fsp3) is 0.500. The van der Waals surface area contributed by atoms with Crippen molar-refractivity contribution >= 4 is 11.9 Å². The highest BCUT2D eigenvalue weighted by Crippen LogP contribution is 2.26. The van der Waals surface area contributed by atoms with Gasteiger partial charge in [0.1, 0.15) is 6.10 Å². The molecule has 0 heterocycles. The third-order valence-electron chi connectivity index (χ3n) is 3.38. The van der Waals surface area contributed by atoms with Crippen molar-refractivity contribution in [3.63, 3.8) is 0 Å². The average Bonchev–Trinajstić information content (AvgIpc) is 2.42. The van der Waals surface area contributed by atoms with Gasteiger partial charge >= 0.3 is 5.97 Å². The number of rotatable bonds is 8. The van der Waals surface area contributed by atoms with Crippen LogP contribution < -0.4 is 5.73 Å². The molecule has 0 aliphatic rings. The van der Waals surface area contributed by atoms with Gasteiger partial charge in [0.2, 0.25) is 5.91 Å². The van der Waals surface area contributed by atoms with Crippen molar-refractivity contribution in [3.8, 4) is 0 Å². The van der Waals surface area contributed by atoms with Crippen molar-refractivity contribution in [1.29, 1.82) is 0 Å². The van der Waals surface area contributed by atoms with Gasteiger partial charge in [0.25, 0.3) is 0 Å². The smallest absolute Gasteiger partial charge is 0.302 e. The highest BCUT2D eigenvalue weighted by Gasteiger charge is 2.37. The topological polar surface area (TPSA) is 78.6 Å². The van der Waals surface area contributed by atoms with Crippen LogP contribution >= 0.6 is 0 Å². The fourth-order valence-corrected chi connectivity index (χ4v) is 1.88. The number of primary amides is 1. The van der Waals surface area contributed by atoms with Gasteiger partial charge in [0, 0.05) is 13.3 Å². The number of nitrogens with two attached hydrogens (primary N) is 1. The van der Waals surface area contributed by atoms with Crippen LogP contribution in [0.5, 0.6) is 0 Å². The van der Waals surface area contributed by atoms with Crippen molar-refractivity contribution in [3.05, 3.63) is 35.9 Å². The lowest BCUT2D eigenvalue weighted by molar-refractivity contribution is -0.157. The quantitative estimate of drug-likeness (QED) is 0.587. The number of esters is 1. The molecule has 1 unspecified atom stereocenters. The Hall–Kier alpha value is -1.88. The molecular formula is C16H23NO4. The molecule has 0 fully saturated rings. The first-order chi connectivity index (χ1) is 9.84. The van der Waals surface area contributed by atoms with Crippen LogP contribution in [0.2, 0.25) is 0 Å². The molecule has 5 nitrogen and oxygen atoms in total. The zero-order valence-electron chi connectivity index (χ0n) is 12.8. The van der Waals surface area contributed by atoms with E-state index in [1.165, 1.54) is 6.92 Å². The number of carbonyl (C=O) groups is 2. The SMILES string of the molecule is CC(=O)OC(CCOCc1ccccc1)C(C)(C)C(N)=O. The summed E-state index contributed by atoms with van der Waals surface area (Å²) in [5, 5.41) is 0. The molecular weight excluding hydrogens is 270 g/mol. The maximum Gasteiger partial charge on any atom is 0.302 e. The minimum atomic E-state index is -0.929. The summed E-state index contributed by atoms with van der Waals surface area (Å²) in [6.07, 6.45) is -0.175. The maximum absolute atomic E-state index is 11.5. The van der Waals surface area contributed by atoms with Crippen LogP contribution in [0.15, 0.2) is 30.3 Å². The van der Waals surface area contributed by atoms with E-state index in [0.29, 0.717) is 19.6 Å². The lowest BCUT2D eigenvalue weighted by Gasteiger charge is -2.30. The Morgan fingerprint density at radius 1 is 1.24 bits per heavy atom. The summed E-state index contributed by atoms with van der Waals surface area (Å²) < 4.78 is 10.8. The van der Waals surface area contributed by atoms with E-state index in [2.05, 4.69) is 0 Å². The largest absolute Gasteiger partial charge is 0.461 e. The molecule has 1 rings (SSSR count). The van der Waals surface area contributed by atoms with Crippen molar-refractivity contribution in [2.24, 2.45) is 11.1 Å². The Morgan fingerprint density at radius 2 is 1.86 bits per heavy atom. The monoisotopic (exact) mass is 293 g/mol. The van der Waals surface area contributed by atoms with Gasteiger partial charge in [-0.1, -0.05) is 30.3 Å². The van der Waals surface area contributed by atoms with Crippen molar-refractivity contribution in [1.82, 2.24) is 0 Å². The number of hydrogen-bond donors (Lipinski definition) is 1. The number of ether oxygens (including phenoxy) is 2. The molecule has 1 atom stereocenters. The Bertz CT molecular complexity index is 470. The minimum Gasteiger partial charge on any atom is -0.461 e. The number of carbonyl (C=O) groups excluding carboxylic acids is 2. The third-order valence-corrected chi connectivity index (χ3v) is 3.38. The molecule has 0 spiro atoms. The van der Waals surface area contributed by atoms with E-state index in [-0.39, 0.29) is 0 Å². The molecule has 0 saturated carbocycles. The molecule has 21 heavy (non-hydrogen) atoms. The van der Waals surface area contributed by atoms with Crippen LogP contribution in [0.25, 0.3) is 0 Å². The first-order valence-electron chi connectivity index (χ1n) is 6.93. The molecule has 0 saturated heterocycles. The lowest BCUT2D eigenvalue weighted by Crippen LogP contribution is -2.44. The fourth-order valence-electron chi connectivity index (χ4n) is 1.88. The molecule has 116 valence electrons. The Morgan fingerprint density at radius 3 is 2.38 bits per heavy atom. The van der Waals surface area contributed by atoms with E-state index in [0.717, 1.165) is 5.56 Å². The normalized spacial score (nSPS) is 12.7. The van der Waals surface area contributed by atoms with Gasteiger partial charge in [-0.15, -0.1) is 0 Å². The lowest BCUT2D eigenvalue weighted by atomic mass is 9.84. The van der Waals surface area contributed by atoms with Crippen molar-refractivity contribution < 1.29 is 19.1 Å². The van der Waals surface area contributed by atoms with Crippen LogP contribution in [0.3, 0.4) is 0 Å². The second-order valence-corrected chi connectivity index (χ2v) is 5.51. The molecule has 0 aliphatic heterocycles. The van der Waals surface area contributed by atoms with E-state index in [9.17, 15) is 9.59 Å². The first kappa shape index (κ1) is 17.2. The summed E-state index contributed by atoms with van der Waals surface area (Å²) in [4.78, 5) is 22.7.